The molecule has 4 heteroatoms. The molecule has 1 aliphatic heterocycles. The molecule has 5 aromatic rings. The fourth-order valence-electron chi connectivity index (χ4n) is 4.00. The Morgan fingerprint density at radius 1 is 0.577 bits per heavy atom. The Kier molecular flexibility index (Phi) is 2.97. The molecular formula is C22H13OPS2. The first-order valence-electron chi connectivity index (χ1n) is 8.49. The van der Waals surface area contributed by atoms with Crippen LogP contribution in [-0.2, 0) is 4.57 Å². The summed E-state index contributed by atoms with van der Waals surface area (Å²) in [6, 6.07) is 26.8. The summed E-state index contributed by atoms with van der Waals surface area (Å²) in [6.45, 7) is 0. The van der Waals surface area contributed by atoms with Crippen LogP contribution in [0.25, 0.3) is 29.9 Å². The topological polar surface area (TPSA) is 17.1 Å². The van der Waals surface area contributed by atoms with E-state index in [4.69, 9.17) is 0 Å². The maximum Gasteiger partial charge on any atom is 0.175 e. The molecule has 124 valence electrons. The molecule has 0 amide bonds. The van der Waals surface area contributed by atoms with E-state index in [2.05, 4.69) is 48.5 Å². The van der Waals surface area contributed by atoms with Gasteiger partial charge in [-0.3, -0.25) is 0 Å². The second kappa shape index (κ2) is 5.17. The van der Waals surface area contributed by atoms with Crippen molar-refractivity contribution in [3.8, 4) is 9.75 Å². The van der Waals surface area contributed by atoms with E-state index in [1.165, 1.54) is 19.2 Å². The summed E-state index contributed by atoms with van der Waals surface area (Å²) in [6.07, 6.45) is 0. The van der Waals surface area contributed by atoms with Gasteiger partial charge in [0.25, 0.3) is 0 Å². The lowest BCUT2D eigenvalue weighted by Crippen LogP contribution is -2.20. The molecule has 0 saturated carbocycles. The van der Waals surface area contributed by atoms with Crippen LogP contribution in [0.4, 0.5) is 0 Å². The van der Waals surface area contributed by atoms with Crippen molar-refractivity contribution >= 4 is 65.9 Å². The van der Waals surface area contributed by atoms with Gasteiger partial charge in [-0.05, 0) is 12.1 Å². The lowest BCUT2D eigenvalue weighted by molar-refractivity contribution is 0.593. The Labute approximate surface area is 158 Å². The van der Waals surface area contributed by atoms with Gasteiger partial charge in [0, 0.05) is 36.1 Å². The van der Waals surface area contributed by atoms with Gasteiger partial charge in [0.2, 0.25) is 0 Å². The minimum atomic E-state index is -2.88. The van der Waals surface area contributed by atoms with E-state index in [1.807, 2.05) is 30.3 Å². The summed E-state index contributed by atoms with van der Waals surface area (Å²) in [5.41, 5.74) is 0. The third-order valence-corrected chi connectivity index (χ3v) is 11.1. The Morgan fingerprint density at radius 2 is 1.04 bits per heavy atom. The quantitative estimate of drug-likeness (QED) is 0.329. The van der Waals surface area contributed by atoms with Crippen LogP contribution in [-0.4, -0.2) is 0 Å². The number of hydrogen-bond acceptors (Lipinski definition) is 3. The average molecular weight is 388 g/mol. The maximum atomic E-state index is 14.8. The fourth-order valence-corrected chi connectivity index (χ4v) is 10.9. The van der Waals surface area contributed by atoms with Crippen LogP contribution >= 0.6 is 29.8 Å². The maximum absolute atomic E-state index is 14.8. The first-order chi connectivity index (χ1) is 12.8. The van der Waals surface area contributed by atoms with E-state index in [0.29, 0.717) is 0 Å². The van der Waals surface area contributed by atoms with Gasteiger partial charge in [0.1, 0.15) is 0 Å². The van der Waals surface area contributed by atoms with Gasteiger partial charge in [-0.25, -0.2) is 0 Å². The summed E-state index contributed by atoms with van der Waals surface area (Å²) in [7, 11) is -2.88. The van der Waals surface area contributed by atoms with Crippen LogP contribution in [0.3, 0.4) is 0 Å². The van der Waals surface area contributed by atoms with Crippen molar-refractivity contribution in [2.75, 3.05) is 0 Å². The molecule has 0 bridgehead atoms. The monoisotopic (exact) mass is 388 g/mol. The van der Waals surface area contributed by atoms with Gasteiger partial charge in [-0.15, -0.1) is 22.7 Å². The number of thiophene rings is 2. The molecular weight excluding hydrogens is 375 g/mol. The van der Waals surface area contributed by atoms with E-state index < -0.39 is 7.14 Å². The zero-order valence-electron chi connectivity index (χ0n) is 13.7. The van der Waals surface area contributed by atoms with Crippen molar-refractivity contribution < 1.29 is 4.57 Å². The lowest BCUT2D eigenvalue weighted by Gasteiger charge is -2.15. The van der Waals surface area contributed by atoms with Crippen LogP contribution < -0.4 is 15.9 Å². The lowest BCUT2D eigenvalue weighted by atomic mass is 10.2. The van der Waals surface area contributed by atoms with Crippen molar-refractivity contribution in [2.24, 2.45) is 0 Å². The third kappa shape index (κ3) is 1.73. The Balaban J connectivity index is 1.86. The molecule has 3 heterocycles. The van der Waals surface area contributed by atoms with E-state index in [1.54, 1.807) is 22.7 Å². The first kappa shape index (κ1) is 14.9. The Hall–Kier alpha value is -2.19. The number of hydrogen-bond donors (Lipinski definition) is 0. The summed E-state index contributed by atoms with van der Waals surface area (Å²) >= 11 is 3.56. The summed E-state index contributed by atoms with van der Waals surface area (Å²) in [5.74, 6) is 0. The van der Waals surface area contributed by atoms with Gasteiger partial charge < -0.3 is 4.57 Å². The Bertz CT molecular complexity index is 1280. The standard InChI is InChI=1S/C22H13OPS2/c23-24(14-8-2-1-3-9-14)19-15-10-4-6-12-17(15)25-21(19)22-20(24)16-11-5-7-13-18(16)26-22/h1-13H. The molecule has 0 saturated heterocycles. The zero-order valence-corrected chi connectivity index (χ0v) is 16.2. The first-order valence-corrected chi connectivity index (χ1v) is 11.8. The largest absolute Gasteiger partial charge is 0.308 e. The highest BCUT2D eigenvalue weighted by atomic mass is 32.1. The highest BCUT2D eigenvalue weighted by Gasteiger charge is 2.45. The van der Waals surface area contributed by atoms with Crippen LogP contribution in [0.15, 0.2) is 78.9 Å². The molecule has 0 atom stereocenters. The van der Waals surface area contributed by atoms with Crippen molar-refractivity contribution in [1.82, 2.24) is 0 Å². The number of fused-ring (bicyclic) bond motifs is 7. The highest BCUT2D eigenvalue weighted by molar-refractivity contribution is 7.88. The molecule has 2 aromatic heterocycles. The van der Waals surface area contributed by atoms with Gasteiger partial charge in [-0.1, -0.05) is 66.7 Å². The molecule has 1 nitrogen and oxygen atoms in total. The van der Waals surface area contributed by atoms with E-state index in [-0.39, 0.29) is 0 Å². The second-order valence-electron chi connectivity index (χ2n) is 6.50. The molecule has 26 heavy (non-hydrogen) atoms. The van der Waals surface area contributed by atoms with Crippen molar-refractivity contribution in [2.45, 2.75) is 0 Å². The minimum absolute atomic E-state index is 0.937. The number of benzene rings is 3. The zero-order chi connectivity index (χ0) is 17.3. The minimum Gasteiger partial charge on any atom is -0.308 e. The molecule has 0 aliphatic carbocycles. The van der Waals surface area contributed by atoms with Crippen molar-refractivity contribution in [3.05, 3.63) is 78.9 Å². The molecule has 6 rings (SSSR count). The molecule has 1 aliphatic rings. The second-order valence-corrected chi connectivity index (χ2v) is 11.2. The predicted molar refractivity (Wildman–Crippen MR) is 116 cm³/mol. The molecule has 0 N–H and O–H groups in total. The van der Waals surface area contributed by atoms with Crippen LogP contribution in [0.1, 0.15) is 0 Å². The molecule has 0 radical (unpaired) electrons. The van der Waals surface area contributed by atoms with Gasteiger partial charge >= 0.3 is 0 Å². The van der Waals surface area contributed by atoms with Crippen molar-refractivity contribution in [3.63, 3.8) is 0 Å². The van der Waals surface area contributed by atoms with E-state index in [9.17, 15) is 4.57 Å². The highest BCUT2D eigenvalue weighted by Crippen LogP contribution is 2.60. The predicted octanol–water partition coefficient (Wildman–Crippen LogP) is 5.74. The molecule has 0 spiro atoms. The van der Waals surface area contributed by atoms with Gasteiger partial charge in [0.15, 0.2) is 7.14 Å². The fraction of sp³-hybridized carbons (Fsp3) is 0. The van der Waals surface area contributed by atoms with E-state index in [0.717, 1.165) is 26.7 Å². The van der Waals surface area contributed by atoms with Crippen molar-refractivity contribution in [1.29, 1.82) is 0 Å². The normalized spacial score (nSPS) is 14.6. The van der Waals surface area contributed by atoms with Crippen LogP contribution in [0, 0.1) is 0 Å². The smallest absolute Gasteiger partial charge is 0.175 e. The third-order valence-electron chi connectivity index (χ3n) is 5.09. The number of rotatable bonds is 1. The van der Waals surface area contributed by atoms with Crippen LogP contribution in [0.5, 0.6) is 0 Å². The molecule has 0 fully saturated rings. The Morgan fingerprint density at radius 3 is 1.58 bits per heavy atom. The van der Waals surface area contributed by atoms with Gasteiger partial charge in [-0.2, -0.15) is 0 Å². The van der Waals surface area contributed by atoms with E-state index >= 15 is 0 Å². The summed E-state index contributed by atoms with van der Waals surface area (Å²) in [4.78, 5) is 2.41. The summed E-state index contributed by atoms with van der Waals surface area (Å²) < 4.78 is 17.3. The average Bonchev–Trinajstić information content (AvgIpc) is 3.32. The SMILES string of the molecule is O=P1(c2ccccc2)c2c(sc3ccccc23)-c2sc3ccccc3c21. The summed E-state index contributed by atoms with van der Waals surface area (Å²) in [5, 5.41) is 5.33. The van der Waals surface area contributed by atoms with Gasteiger partial charge in [0.05, 0.1) is 9.75 Å². The molecule has 3 aromatic carbocycles. The molecule has 0 unspecified atom stereocenters. The van der Waals surface area contributed by atoms with Crippen LogP contribution in [0.2, 0.25) is 0 Å².